The molecule has 0 aliphatic heterocycles. The third kappa shape index (κ3) is 2.59. The van der Waals surface area contributed by atoms with Crippen molar-refractivity contribution < 1.29 is 9.66 Å². The van der Waals surface area contributed by atoms with E-state index >= 15 is 0 Å². The summed E-state index contributed by atoms with van der Waals surface area (Å²) in [5.41, 5.74) is 1.03. The smallest absolute Gasteiger partial charge is 0.331 e. The molecule has 0 saturated carbocycles. The number of hydrogen-bond donors (Lipinski definition) is 0. The van der Waals surface area contributed by atoms with E-state index in [1.54, 1.807) is 19.2 Å². The van der Waals surface area contributed by atoms with E-state index in [2.05, 4.69) is 0 Å². The van der Waals surface area contributed by atoms with Crippen LogP contribution in [0.1, 0.15) is 0 Å². The first-order valence-corrected chi connectivity index (χ1v) is 6.25. The highest BCUT2D eigenvalue weighted by Gasteiger charge is 2.35. The Balaban J connectivity index is 2.63. The molecule has 1 unspecified atom stereocenters. The second kappa shape index (κ2) is 5.48. The van der Waals surface area contributed by atoms with Gasteiger partial charge in [0.2, 0.25) is 5.69 Å². The molecule has 2 rings (SSSR count). The Bertz CT molecular complexity index is 630. The number of para-hydroxylation sites is 1. The molecule has 5 nitrogen and oxygen atoms in total. The first kappa shape index (κ1) is 14.3. The minimum absolute atomic E-state index is 0.0489. The predicted octanol–water partition coefficient (Wildman–Crippen LogP) is 4.03. The van der Waals surface area contributed by atoms with Crippen LogP contribution in [0.4, 0.5) is 17.1 Å². The van der Waals surface area contributed by atoms with Crippen molar-refractivity contribution in [2.45, 2.75) is 0 Å². The van der Waals surface area contributed by atoms with Crippen molar-refractivity contribution in [3.63, 3.8) is 0 Å². The summed E-state index contributed by atoms with van der Waals surface area (Å²) >= 11 is 6.54. The Morgan fingerprint density at radius 3 is 2.40 bits per heavy atom. The van der Waals surface area contributed by atoms with E-state index in [1.807, 2.05) is 30.3 Å². The third-order valence-electron chi connectivity index (χ3n) is 3.07. The summed E-state index contributed by atoms with van der Waals surface area (Å²) in [5, 5.41) is 11.2. The Hall–Kier alpha value is -2.11. The Labute approximate surface area is 121 Å². The van der Waals surface area contributed by atoms with E-state index in [-0.39, 0.29) is 9.69 Å². The topological polar surface area (TPSA) is 52.4 Å². The van der Waals surface area contributed by atoms with E-state index in [9.17, 15) is 10.1 Å². The van der Waals surface area contributed by atoms with Gasteiger partial charge in [-0.25, -0.2) is 0 Å². The molecular formula is C14H14ClN2O3+. The van der Waals surface area contributed by atoms with E-state index in [0.29, 0.717) is 11.4 Å². The van der Waals surface area contributed by atoms with Crippen LogP contribution in [0.2, 0.25) is 0 Å². The number of nitro benzene ring substituents is 1. The van der Waals surface area contributed by atoms with Gasteiger partial charge >= 0.3 is 5.69 Å². The second-order valence-electron chi connectivity index (χ2n) is 4.34. The third-order valence-corrected chi connectivity index (χ3v) is 3.45. The fraction of sp³-hybridized carbons (Fsp3) is 0.143. The van der Waals surface area contributed by atoms with Crippen molar-refractivity contribution in [2.75, 3.05) is 14.2 Å². The van der Waals surface area contributed by atoms with Crippen LogP contribution in [0.3, 0.4) is 0 Å². The fourth-order valence-electron chi connectivity index (χ4n) is 1.97. The highest BCUT2D eigenvalue weighted by molar-refractivity contribution is 6.25. The van der Waals surface area contributed by atoms with Crippen LogP contribution >= 0.6 is 11.8 Å². The fourth-order valence-corrected chi connectivity index (χ4v) is 2.22. The maximum Gasteiger partial charge on any atom is 0.331 e. The summed E-state index contributed by atoms with van der Waals surface area (Å²) in [5.74, 6) is 0.520. The van der Waals surface area contributed by atoms with E-state index in [0.717, 1.165) is 5.69 Å². The SMILES string of the molecule is COc1ccc([N+](=O)[O-])c([N+](C)(Cl)c2ccccc2)c1. The average molecular weight is 294 g/mol. The highest BCUT2D eigenvalue weighted by Crippen LogP contribution is 2.42. The Kier molecular flexibility index (Phi) is 3.92. The quantitative estimate of drug-likeness (QED) is 0.486. The van der Waals surface area contributed by atoms with Crippen molar-refractivity contribution >= 4 is 28.8 Å². The Morgan fingerprint density at radius 1 is 1.20 bits per heavy atom. The number of halogens is 1. The van der Waals surface area contributed by atoms with E-state index < -0.39 is 4.92 Å². The van der Waals surface area contributed by atoms with Crippen LogP contribution in [0, 0.1) is 10.1 Å². The van der Waals surface area contributed by atoms with Gasteiger partial charge in [-0.05, 0) is 6.07 Å². The molecule has 2 aromatic rings. The largest absolute Gasteiger partial charge is 0.497 e. The minimum atomic E-state index is -0.448. The monoisotopic (exact) mass is 293 g/mol. The molecule has 0 amide bonds. The maximum atomic E-state index is 11.2. The maximum absolute atomic E-state index is 11.2. The van der Waals surface area contributed by atoms with Gasteiger partial charge in [-0.3, -0.25) is 10.1 Å². The van der Waals surface area contributed by atoms with Crippen LogP contribution in [-0.4, -0.2) is 19.1 Å². The first-order valence-electron chi connectivity index (χ1n) is 5.91. The van der Waals surface area contributed by atoms with Gasteiger partial charge in [0.15, 0.2) is 17.5 Å². The zero-order valence-electron chi connectivity index (χ0n) is 11.1. The standard InChI is InChI=1S/C14H14ClN2O3/c1-17(15,11-6-4-3-5-7-11)14-10-12(20-2)8-9-13(14)16(18)19/h3-10H,1-2H3/q+1. The molecule has 0 aliphatic carbocycles. The van der Waals surface area contributed by atoms with Crippen LogP contribution in [-0.2, 0) is 0 Å². The van der Waals surface area contributed by atoms with Crippen LogP contribution in [0.5, 0.6) is 5.75 Å². The molecule has 0 spiro atoms. The van der Waals surface area contributed by atoms with Crippen LogP contribution in [0.25, 0.3) is 0 Å². The molecule has 0 saturated heterocycles. The minimum Gasteiger partial charge on any atom is -0.497 e. The van der Waals surface area contributed by atoms with Crippen molar-refractivity contribution in [3.8, 4) is 5.75 Å². The van der Waals surface area contributed by atoms with Gasteiger partial charge in [0, 0.05) is 18.2 Å². The molecule has 20 heavy (non-hydrogen) atoms. The summed E-state index contributed by atoms with van der Waals surface area (Å²) in [6.45, 7) is 0. The number of nitro groups is 1. The average Bonchev–Trinajstić information content (AvgIpc) is 2.47. The molecule has 0 aliphatic rings. The molecule has 0 heterocycles. The predicted molar refractivity (Wildman–Crippen MR) is 79.3 cm³/mol. The van der Waals surface area contributed by atoms with E-state index in [4.69, 9.17) is 16.5 Å². The number of ether oxygens (including phenoxy) is 1. The van der Waals surface area contributed by atoms with Crippen molar-refractivity contribution in [1.82, 2.24) is 4.00 Å². The molecule has 0 fully saturated rings. The lowest BCUT2D eigenvalue weighted by atomic mass is 10.2. The van der Waals surface area contributed by atoms with Gasteiger partial charge in [-0.15, -0.1) is 0 Å². The number of rotatable bonds is 4. The number of nitrogens with zero attached hydrogens (tertiary/aromatic N) is 2. The summed E-state index contributed by atoms with van der Waals surface area (Å²) in [4.78, 5) is 10.7. The summed E-state index contributed by atoms with van der Waals surface area (Å²) in [6, 6.07) is 13.7. The normalized spacial score (nSPS) is 13.6. The van der Waals surface area contributed by atoms with Gasteiger partial charge in [-0.1, -0.05) is 18.2 Å². The summed E-state index contributed by atoms with van der Waals surface area (Å²) < 4.78 is 4.87. The number of hydrogen-bond acceptors (Lipinski definition) is 3. The van der Waals surface area contributed by atoms with Crippen molar-refractivity contribution in [2.24, 2.45) is 0 Å². The molecule has 6 heteroatoms. The lowest BCUT2D eigenvalue weighted by Gasteiger charge is -2.23. The number of benzene rings is 2. The van der Waals surface area contributed by atoms with Crippen LogP contribution < -0.4 is 8.74 Å². The molecule has 2 aromatic carbocycles. The Morgan fingerprint density at radius 2 is 1.85 bits per heavy atom. The highest BCUT2D eigenvalue weighted by atomic mass is 35.5. The van der Waals surface area contributed by atoms with Gasteiger partial charge in [0.25, 0.3) is 0 Å². The molecule has 0 aromatic heterocycles. The van der Waals surface area contributed by atoms with Gasteiger partial charge < -0.3 is 4.74 Å². The van der Waals surface area contributed by atoms with E-state index in [1.165, 1.54) is 13.2 Å². The first-order chi connectivity index (χ1) is 9.46. The van der Waals surface area contributed by atoms with Crippen molar-refractivity contribution in [3.05, 3.63) is 58.6 Å². The zero-order chi connectivity index (χ0) is 14.8. The summed E-state index contributed by atoms with van der Waals surface area (Å²) in [6.07, 6.45) is 0. The van der Waals surface area contributed by atoms with Crippen LogP contribution in [0.15, 0.2) is 48.5 Å². The molecule has 0 N–H and O–H groups in total. The lowest BCUT2D eigenvalue weighted by Crippen LogP contribution is -2.28. The molecule has 1 atom stereocenters. The molecular weight excluding hydrogens is 280 g/mol. The number of quaternary nitrogens is 1. The van der Waals surface area contributed by atoms with Crippen molar-refractivity contribution in [1.29, 1.82) is 0 Å². The van der Waals surface area contributed by atoms with Gasteiger partial charge in [-0.2, -0.15) is 4.00 Å². The number of methoxy groups -OCH3 is 1. The lowest BCUT2D eigenvalue weighted by molar-refractivity contribution is -0.384. The van der Waals surface area contributed by atoms with Gasteiger partial charge in [0.1, 0.15) is 5.75 Å². The second-order valence-corrected chi connectivity index (χ2v) is 5.02. The molecule has 0 bridgehead atoms. The molecule has 104 valence electrons. The zero-order valence-corrected chi connectivity index (χ0v) is 11.9. The molecule has 0 radical (unpaired) electrons. The van der Waals surface area contributed by atoms with Gasteiger partial charge in [0.05, 0.1) is 25.1 Å². The summed E-state index contributed by atoms with van der Waals surface area (Å²) in [7, 11) is 3.19.